The molecule has 0 radical (unpaired) electrons. The molecule has 0 aliphatic rings. The molecule has 0 fully saturated rings. The standard InChI is InChI=1S/C17H30N2S/c1-5-19(6-2)13-11-18-12-14-20-17-9-7-16(8-10-17)15(3)4/h7-10,15,18H,5-6,11-14H2,1-4H3. The van der Waals surface area contributed by atoms with Gasteiger partial charge in [-0.1, -0.05) is 39.8 Å². The molecule has 1 N–H and O–H groups in total. The van der Waals surface area contributed by atoms with Crippen LogP contribution in [0.3, 0.4) is 0 Å². The smallest absolute Gasteiger partial charge is 0.0107 e. The van der Waals surface area contributed by atoms with Crippen LogP contribution in [-0.2, 0) is 0 Å². The summed E-state index contributed by atoms with van der Waals surface area (Å²) in [5.41, 5.74) is 1.42. The van der Waals surface area contributed by atoms with Gasteiger partial charge >= 0.3 is 0 Å². The first-order valence-corrected chi connectivity index (χ1v) is 8.81. The number of thioether (sulfide) groups is 1. The van der Waals surface area contributed by atoms with Gasteiger partial charge in [0.2, 0.25) is 0 Å². The third kappa shape index (κ3) is 6.78. The number of hydrogen-bond acceptors (Lipinski definition) is 3. The van der Waals surface area contributed by atoms with E-state index in [-0.39, 0.29) is 0 Å². The summed E-state index contributed by atoms with van der Waals surface area (Å²) < 4.78 is 0. The van der Waals surface area contributed by atoms with Crippen LogP contribution in [0.5, 0.6) is 0 Å². The molecule has 3 heteroatoms. The van der Waals surface area contributed by atoms with Crippen LogP contribution in [0, 0.1) is 0 Å². The second kappa shape index (κ2) is 10.3. The Bertz CT molecular complexity index is 345. The molecule has 0 heterocycles. The minimum Gasteiger partial charge on any atom is -0.315 e. The molecule has 1 aromatic carbocycles. The lowest BCUT2D eigenvalue weighted by Crippen LogP contribution is -2.32. The molecule has 0 bridgehead atoms. The van der Waals surface area contributed by atoms with Gasteiger partial charge in [-0.3, -0.25) is 0 Å². The first-order chi connectivity index (χ1) is 9.67. The van der Waals surface area contributed by atoms with E-state index in [4.69, 9.17) is 0 Å². The third-order valence-corrected chi connectivity index (χ3v) is 4.61. The van der Waals surface area contributed by atoms with Crippen LogP contribution in [0.15, 0.2) is 29.2 Å². The molecule has 0 unspecified atom stereocenters. The highest BCUT2D eigenvalue weighted by Gasteiger charge is 2.00. The van der Waals surface area contributed by atoms with Gasteiger partial charge < -0.3 is 10.2 Å². The summed E-state index contributed by atoms with van der Waals surface area (Å²) in [6.07, 6.45) is 0. The largest absolute Gasteiger partial charge is 0.315 e. The lowest BCUT2D eigenvalue weighted by molar-refractivity contribution is 0.303. The Kier molecular flexibility index (Phi) is 8.99. The Labute approximate surface area is 129 Å². The molecule has 0 spiro atoms. The van der Waals surface area contributed by atoms with Gasteiger partial charge in [0.15, 0.2) is 0 Å². The van der Waals surface area contributed by atoms with E-state index in [1.807, 2.05) is 11.8 Å². The van der Waals surface area contributed by atoms with Gasteiger partial charge in [-0.15, -0.1) is 11.8 Å². The van der Waals surface area contributed by atoms with E-state index in [1.165, 1.54) is 10.5 Å². The van der Waals surface area contributed by atoms with Crippen molar-refractivity contribution in [1.29, 1.82) is 0 Å². The third-order valence-electron chi connectivity index (χ3n) is 3.59. The number of likely N-dealkylation sites (N-methyl/N-ethyl adjacent to an activating group) is 1. The van der Waals surface area contributed by atoms with Gasteiger partial charge in [0.1, 0.15) is 0 Å². The van der Waals surface area contributed by atoms with Crippen molar-refractivity contribution in [2.45, 2.75) is 38.5 Å². The van der Waals surface area contributed by atoms with Crippen molar-refractivity contribution in [3.05, 3.63) is 29.8 Å². The van der Waals surface area contributed by atoms with E-state index in [1.54, 1.807) is 0 Å². The molecule has 114 valence electrons. The van der Waals surface area contributed by atoms with Gasteiger partial charge in [-0.05, 0) is 36.7 Å². The summed E-state index contributed by atoms with van der Waals surface area (Å²) in [5.74, 6) is 1.76. The van der Waals surface area contributed by atoms with Crippen LogP contribution in [0.4, 0.5) is 0 Å². The Morgan fingerprint density at radius 3 is 2.25 bits per heavy atom. The molecule has 0 amide bonds. The van der Waals surface area contributed by atoms with Crippen LogP contribution in [0.25, 0.3) is 0 Å². The Morgan fingerprint density at radius 1 is 1.05 bits per heavy atom. The second-order valence-electron chi connectivity index (χ2n) is 5.35. The average Bonchev–Trinajstić information content (AvgIpc) is 2.47. The Morgan fingerprint density at radius 2 is 1.70 bits per heavy atom. The maximum absolute atomic E-state index is 3.52. The zero-order valence-electron chi connectivity index (χ0n) is 13.5. The van der Waals surface area contributed by atoms with Crippen LogP contribution < -0.4 is 5.32 Å². The molecule has 20 heavy (non-hydrogen) atoms. The number of nitrogens with one attached hydrogen (secondary N) is 1. The molecular weight excluding hydrogens is 264 g/mol. The van der Waals surface area contributed by atoms with Gasteiger partial charge in [0.05, 0.1) is 0 Å². The van der Waals surface area contributed by atoms with Crippen molar-refractivity contribution >= 4 is 11.8 Å². The molecule has 0 aliphatic heterocycles. The van der Waals surface area contributed by atoms with Gasteiger partial charge in [-0.25, -0.2) is 0 Å². The van der Waals surface area contributed by atoms with E-state index in [0.29, 0.717) is 5.92 Å². The fourth-order valence-corrected chi connectivity index (χ4v) is 2.90. The van der Waals surface area contributed by atoms with Gasteiger partial charge in [-0.2, -0.15) is 0 Å². The van der Waals surface area contributed by atoms with Crippen molar-refractivity contribution in [3.8, 4) is 0 Å². The molecule has 1 aromatic rings. The molecule has 0 aliphatic carbocycles. The van der Waals surface area contributed by atoms with E-state index < -0.39 is 0 Å². The maximum atomic E-state index is 3.52. The van der Waals surface area contributed by atoms with Crippen molar-refractivity contribution in [2.24, 2.45) is 0 Å². The van der Waals surface area contributed by atoms with Crippen LogP contribution in [-0.4, -0.2) is 43.4 Å². The predicted octanol–water partition coefficient (Wildman–Crippen LogP) is 3.83. The molecule has 0 atom stereocenters. The minimum atomic E-state index is 0.621. The average molecular weight is 295 g/mol. The summed E-state index contributed by atoms with van der Waals surface area (Å²) in [7, 11) is 0. The van der Waals surface area contributed by atoms with Gasteiger partial charge in [0.25, 0.3) is 0 Å². The first-order valence-electron chi connectivity index (χ1n) is 7.83. The van der Waals surface area contributed by atoms with Crippen molar-refractivity contribution in [3.63, 3.8) is 0 Å². The molecule has 1 rings (SSSR count). The minimum absolute atomic E-state index is 0.621. The Balaban J connectivity index is 2.12. The molecule has 2 nitrogen and oxygen atoms in total. The topological polar surface area (TPSA) is 15.3 Å². The van der Waals surface area contributed by atoms with E-state index in [9.17, 15) is 0 Å². The quantitative estimate of drug-likeness (QED) is 0.521. The zero-order valence-corrected chi connectivity index (χ0v) is 14.3. The van der Waals surface area contributed by atoms with Crippen molar-refractivity contribution in [2.75, 3.05) is 38.5 Å². The summed E-state index contributed by atoms with van der Waals surface area (Å²) in [5, 5.41) is 3.52. The van der Waals surface area contributed by atoms with Gasteiger partial charge in [0, 0.05) is 30.3 Å². The monoisotopic (exact) mass is 294 g/mol. The predicted molar refractivity (Wildman–Crippen MR) is 91.9 cm³/mol. The Hall–Kier alpha value is -0.510. The zero-order chi connectivity index (χ0) is 14.8. The lowest BCUT2D eigenvalue weighted by atomic mass is 10.0. The summed E-state index contributed by atoms with van der Waals surface area (Å²) in [6, 6.07) is 8.99. The second-order valence-corrected chi connectivity index (χ2v) is 6.52. The fourth-order valence-electron chi connectivity index (χ4n) is 2.09. The molecule has 0 saturated carbocycles. The van der Waals surface area contributed by atoms with Crippen LogP contribution in [0.1, 0.15) is 39.2 Å². The SMILES string of the molecule is CCN(CC)CCNCCSc1ccc(C(C)C)cc1. The summed E-state index contributed by atoms with van der Waals surface area (Å²) in [4.78, 5) is 3.82. The molecule has 0 saturated heterocycles. The van der Waals surface area contributed by atoms with E-state index in [2.05, 4.69) is 62.2 Å². The number of hydrogen-bond donors (Lipinski definition) is 1. The normalized spacial score (nSPS) is 11.5. The molecular formula is C17H30N2S. The highest BCUT2D eigenvalue weighted by molar-refractivity contribution is 7.99. The highest BCUT2D eigenvalue weighted by atomic mass is 32.2. The lowest BCUT2D eigenvalue weighted by Gasteiger charge is -2.17. The molecule has 0 aromatic heterocycles. The van der Waals surface area contributed by atoms with E-state index in [0.717, 1.165) is 38.5 Å². The van der Waals surface area contributed by atoms with Crippen LogP contribution in [0.2, 0.25) is 0 Å². The van der Waals surface area contributed by atoms with E-state index >= 15 is 0 Å². The van der Waals surface area contributed by atoms with Crippen molar-refractivity contribution in [1.82, 2.24) is 10.2 Å². The number of rotatable bonds is 10. The number of nitrogens with zero attached hydrogens (tertiary/aromatic N) is 1. The first kappa shape index (κ1) is 17.5. The summed E-state index contributed by atoms with van der Waals surface area (Å²) in [6.45, 7) is 14.5. The highest BCUT2D eigenvalue weighted by Crippen LogP contribution is 2.21. The van der Waals surface area contributed by atoms with Crippen LogP contribution >= 0.6 is 11.8 Å². The number of benzene rings is 1. The fraction of sp³-hybridized carbons (Fsp3) is 0.647. The maximum Gasteiger partial charge on any atom is 0.0107 e. The van der Waals surface area contributed by atoms with Crippen molar-refractivity contribution < 1.29 is 0 Å². The summed E-state index contributed by atoms with van der Waals surface area (Å²) >= 11 is 1.94.